The van der Waals surface area contributed by atoms with Crippen molar-refractivity contribution in [3.8, 4) is 72.4 Å². The topological polar surface area (TPSA) is 8.17 Å². The van der Waals surface area contributed by atoms with Gasteiger partial charge in [-0.3, -0.25) is 0 Å². The van der Waals surface area contributed by atoms with Gasteiger partial charge in [-0.25, -0.2) is 0 Å². The van der Waals surface area contributed by atoms with Crippen molar-refractivity contribution in [1.29, 1.82) is 0 Å². The van der Waals surface area contributed by atoms with Gasteiger partial charge in [0.05, 0.1) is 16.4 Å². The molecule has 0 atom stereocenters. The van der Waals surface area contributed by atoms with Gasteiger partial charge < -0.3 is 9.47 Å². The molecule has 0 N–H and O–H groups in total. The number of benzene rings is 12. The van der Waals surface area contributed by atoms with Crippen LogP contribution in [0.5, 0.6) is 0 Å². The summed E-state index contributed by atoms with van der Waals surface area (Å²) in [6.07, 6.45) is 0. The van der Waals surface area contributed by atoms with Crippen LogP contribution in [0.4, 0.5) is 17.1 Å². The molecule has 16 rings (SSSR count). The Morgan fingerprint density at radius 1 is 0.282 bits per heavy atom. The molecule has 2 nitrogen and oxygen atoms in total. The van der Waals surface area contributed by atoms with Crippen molar-refractivity contribution in [3.63, 3.8) is 0 Å². The summed E-state index contributed by atoms with van der Waals surface area (Å²) in [5, 5.41) is 2.50. The molecule has 1 heterocycles. The Hall–Kier alpha value is -9.76. The lowest BCUT2D eigenvalue weighted by Gasteiger charge is -2.31. The van der Waals surface area contributed by atoms with E-state index in [0.717, 1.165) is 17.1 Å². The molecule has 2 heteroatoms. The SMILES string of the molecule is CC1(C)c2ccccc2-c2ccc(N(c3ccc(-c4ccc5c(c4)C4(c6ccccc6-c6ccccc64)c4cccc(-c6ccccc6)c4-5)cc3)c3ccc(-c4ccc5c(c4)c4ccccc4n5-c4ccccc4)cc3)cc21. The molecule has 1 aromatic heterocycles. The van der Waals surface area contributed by atoms with Crippen molar-refractivity contribution in [3.05, 3.63) is 312 Å². The molecule has 0 fully saturated rings. The molecule has 0 radical (unpaired) electrons. The molecule has 78 heavy (non-hydrogen) atoms. The van der Waals surface area contributed by atoms with Gasteiger partial charge in [0, 0.05) is 38.9 Å². The molecule has 3 aliphatic rings. The minimum atomic E-state index is -0.463. The third kappa shape index (κ3) is 6.32. The Bertz CT molecular complexity index is 4510. The van der Waals surface area contributed by atoms with Crippen molar-refractivity contribution in [1.82, 2.24) is 4.57 Å². The maximum absolute atomic E-state index is 2.51. The monoisotopic (exact) mass is 992 g/mol. The van der Waals surface area contributed by atoms with E-state index in [4.69, 9.17) is 0 Å². The first-order valence-corrected chi connectivity index (χ1v) is 27.3. The van der Waals surface area contributed by atoms with Crippen molar-refractivity contribution in [2.45, 2.75) is 24.7 Å². The maximum Gasteiger partial charge on any atom is 0.0725 e. The van der Waals surface area contributed by atoms with Gasteiger partial charge >= 0.3 is 0 Å². The average Bonchev–Trinajstić information content (AvgIpc) is 3.92. The van der Waals surface area contributed by atoms with Crippen LogP contribution in [0, 0.1) is 0 Å². The van der Waals surface area contributed by atoms with E-state index >= 15 is 0 Å². The first kappa shape index (κ1) is 44.5. The second kappa shape index (κ2) is 16.9. The Morgan fingerprint density at radius 3 is 1.46 bits per heavy atom. The molecule has 1 spiro atoms. The summed E-state index contributed by atoms with van der Waals surface area (Å²) in [6.45, 7) is 4.74. The van der Waals surface area contributed by atoms with Crippen LogP contribution in [0.2, 0.25) is 0 Å². The number of nitrogens with zero attached hydrogens (tertiary/aromatic N) is 2. The van der Waals surface area contributed by atoms with Crippen LogP contribution in [0.25, 0.3) is 94.3 Å². The molecule has 0 aliphatic heterocycles. The van der Waals surface area contributed by atoms with Crippen LogP contribution >= 0.6 is 0 Å². The van der Waals surface area contributed by atoms with E-state index in [9.17, 15) is 0 Å². The number of fused-ring (bicyclic) bond motifs is 16. The Balaban J connectivity index is 0.821. The molecule has 0 saturated heterocycles. The van der Waals surface area contributed by atoms with Gasteiger partial charge in [0.1, 0.15) is 0 Å². The first-order valence-electron chi connectivity index (χ1n) is 27.3. The summed E-state index contributed by atoms with van der Waals surface area (Å²) in [6, 6.07) is 104. The molecule has 0 unspecified atom stereocenters. The van der Waals surface area contributed by atoms with Gasteiger partial charge in [0.15, 0.2) is 0 Å². The Labute approximate surface area is 455 Å². The molecular formula is C76H52N2. The zero-order valence-electron chi connectivity index (χ0n) is 43.5. The Kier molecular flexibility index (Phi) is 9.63. The van der Waals surface area contributed by atoms with Gasteiger partial charge in [-0.15, -0.1) is 0 Å². The van der Waals surface area contributed by atoms with Crippen molar-refractivity contribution in [2.24, 2.45) is 0 Å². The van der Waals surface area contributed by atoms with Crippen LogP contribution in [0.1, 0.15) is 47.2 Å². The van der Waals surface area contributed by atoms with Gasteiger partial charge in [0.25, 0.3) is 0 Å². The summed E-state index contributed by atoms with van der Waals surface area (Å²) < 4.78 is 2.38. The van der Waals surface area contributed by atoms with E-state index in [-0.39, 0.29) is 5.41 Å². The third-order valence-corrected chi connectivity index (χ3v) is 17.6. The van der Waals surface area contributed by atoms with Crippen molar-refractivity contribution >= 4 is 38.9 Å². The van der Waals surface area contributed by atoms with Gasteiger partial charge in [0.2, 0.25) is 0 Å². The zero-order chi connectivity index (χ0) is 51.7. The van der Waals surface area contributed by atoms with Crippen molar-refractivity contribution in [2.75, 3.05) is 4.90 Å². The van der Waals surface area contributed by atoms with Crippen LogP contribution in [-0.4, -0.2) is 4.57 Å². The van der Waals surface area contributed by atoms with E-state index < -0.39 is 5.41 Å². The lowest BCUT2D eigenvalue weighted by Crippen LogP contribution is -2.25. The molecule has 0 bridgehead atoms. The van der Waals surface area contributed by atoms with E-state index in [1.807, 2.05) is 0 Å². The maximum atomic E-state index is 2.51. The number of rotatable bonds is 7. The lowest BCUT2D eigenvalue weighted by molar-refractivity contribution is 0.660. The summed E-state index contributed by atoms with van der Waals surface area (Å²) >= 11 is 0. The summed E-state index contributed by atoms with van der Waals surface area (Å²) in [7, 11) is 0. The number of hydrogen-bond acceptors (Lipinski definition) is 1. The predicted octanol–water partition coefficient (Wildman–Crippen LogP) is 19.9. The predicted molar refractivity (Wildman–Crippen MR) is 326 cm³/mol. The fraction of sp³-hybridized carbons (Fsp3) is 0.0526. The minimum absolute atomic E-state index is 0.142. The molecular weight excluding hydrogens is 941 g/mol. The van der Waals surface area contributed by atoms with E-state index in [1.54, 1.807) is 0 Å². The number of hydrogen-bond donors (Lipinski definition) is 0. The second-order valence-electron chi connectivity index (χ2n) is 21.9. The van der Waals surface area contributed by atoms with Gasteiger partial charge in [-0.1, -0.05) is 220 Å². The highest BCUT2D eigenvalue weighted by atomic mass is 15.1. The molecule has 0 amide bonds. The average molecular weight is 993 g/mol. The van der Waals surface area contributed by atoms with Crippen LogP contribution in [0.3, 0.4) is 0 Å². The molecule has 366 valence electrons. The number of aromatic nitrogens is 1. The fourth-order valence-corrected chi connectivity index (χ4v) is 14.1. The highest BCUT2D eigenvalue weighted by Gasteiger charge is 2.52. The summed E-state index contributed by atoms with van der Waals surface area (Å²) in [5.41, 5.74) is 29.6. The Morgan fingerprint density at radius 2 is 0.769 bits per heavy atom. The zero-order valence-corrected chi connectivity index (χ0v) is 43.5. The van der Waals surface area contributed by atoms with E-state index in [1.165, 1.54) is 128 Å². The summed E-state index contributed by atoms with van der Waals surface area (Å²) in [5.74, 6) is 0. The standard InChI is InChI=1S/C76H52N2/c1-75(2)66-27-13-9-22-59(66)62-44-42-57(48-70(62)75)77(55-38-32-49(33-39-55)52-37-45-73-65(46-52)63-25-12-16-31-72(63)78(73)54-20-7-4-8-21-54)56-40-34-50(35-41-56)53-36-43-64-71(47-53)76(67-28-14-10-23-60(67)61-24-11-15-29-68(61)76)69-30-17-26-58(74(64)69)51-18-5-3-6-19-51/h3-48H,1-2H3. The molecule has 12 aromatic carbocycles. The lowest BCUT2D eigenvalue weighted by atomic mass is 9.70. The van der Waals surface area contributed by atoms with Crippen LogP contribution in [-0.2, 0) is 10.8 Å². The normalized spacial score (nSPS) is 13.7. The second-order valence-corrected chi connectivity index (χ2v) is 21.9. The quantitative estimate of drug-likeness (QED) is 0.154. The molecule has 13 aromatic rings. The van der Waals surface area contributed by atoms with Crippen LogP contribution < -0.4 is 4.90 Å². The van der Waals surface area contributed by atoms with Crippen LogP contribution in [0.15, 0.2) is 279 Å². The highest BCUT2D eigenvalue weighted by Crippen LogP contribution is 2.64. The first-order chi connectivity index (χ1) is 38.4. The van der Waals surface area contributed by atoms with Gasteiger partial charge in [-0.05, 0) is 173 Å². The highest BCUT2D eigenvalue weighted by molar-refractivity contribution is 6.10. The van der Waals surface area contributed by atoms with E-state index in [2.05, 4.69) is 302 Å². The van der Waals surface area contributed by atoms with Crippen molar-refractivity contribution < 1.29 is 0 Å². The largest absolute Gasteiger partial charge is 0.310 e. The molecule has 3 aliphatic carbocycles. The third-order valence-electron chi connectivity index (χ3n) is 17.6. The number of anilines is 3. The smallest absolute Gasteiger partial charge is 0.0725 e. The van der Waals surface area contributed by atoms with E-state index in [0.29, 0.717) is 0 Å². The minimum Gasteiger partial charge on any atom is -0.310 e. The fourth-order valence-electron chi connectivity index (χ4n) is 14.1. The number of para-hydroxylation sites is 2. The summed E-state index contributed by atoms with van der Waals surface area (Å²) in [4.78, 5) is 2.44. The molecule has 0 saturated carbocycles. The van der Waals surface area contributed by atoms with Gasteiger partial charge in [-0.2, -0.15) is 0 Å².